The van der Waals surface area contributed by atoms with E-state index in [-0.39, 0.29) is 11.8 Å². The zero-order valence-electron chi connectivity index (χ0n) is 18.3. The minimum Gasteiger partial charge on any atom is -0.388 e. The van der Waals surface area contributed by atoms with E-state index in [1.165, 1.54) is 0 Å². The van der Waals surface area contributed by atoms with E-state index in [0.29, 0.717) is 25.5 Å². The van der Waals surface area contributed by atoms with Crippen LogP contribution in [0.4, 0.5) is 5.69 Å². The van der Waals surface area contributed by atoms with Crippen LogP contribution >= 0.6 is 0 Å². The summed E-state index contributed by atoms with van der Waals surface area (Å²) in [5, 5.41) is 19.9. The van der Waals surface area contributed by atoms with E-state index < -0.39 is 6.10 Å². The number of nitrogens with zero attached hydrogens (tertiary/aromatic N) is 1. The molecule has 1 aliphatic carbocycles. The molecule has 1 amide bonds. The first kappa shape index (κ1) is 22.8. The molecule has 0 saturated heterocycles. The lowest BCUT2D eigenvalue weighted by Crippen LogP contribution is -2.38. The average molecular weight is 423 g/mol. The zero-order chi connectivity index (χ0) is 21.9. The van der Waals surface area contributed by atoms with E-state index >= 15 is 0 Å². The topological polar surface area (TPSA) is 85.8 Å². The van der Waals surface area contributed by atoms with Crippen LogP contribution in [0, 0.1) is 5.92 Å². The Kier molecular flexibility index (Phi) is 8.91. The predicted molar refractivity (Wildman–Crippen MR) is 126 cm³/mol. The van der Waals surface area contributed by atoms with E-state index in [1.54, 1.807) is 0 Å². The molecule has 6 heteroatoms. The number of nitrogens with one attached hydrogen (secondary N) is 3. The fourth-order valence-corrected chi connectivity index (χ4v) is 3.86. The Bertz CT molecular complexity index is 848. The molecule has 0 bridgehead atoms. The largest absolute Gasteiger partial charge is 0.388 e. The number of carbonyl (C=O) groups is 1. The van der Waals surface area contributed by atoms with Gasteiger partial charge in [0.05, 0.1) is 12.6 Å². The van der Waals surface area contributed by atoms with Crippen LogP contribution in [0.1, 0.15) is 56.3 Å². The summed E-state index contributed by atoms with van der Waals surface area (Å²) in [4.78, 5) is 17.0. The van der Waals surface area contributed by atoms with Gasteiger partial charge in [-0.15, -0.1) is 0 Å². The van der Waals surface area contributed by atoms with Gasteiger partial charge in [0.25, 0.3) is 0 Å². The molecule has 0 aliphatic heterocycles. The Morgan fingerprint density at radius 3 is 2.61 bits per heavy atom. The highest BCUT2D eigenvalue weighted by Gasteiger charge is 2.22. The van der Waals surface area contributed by atoms with E-state index in [1.807, 2.05) is 61.5 Å². The van der Waals surface area contributed by atoms with E-state index in [9.17, 15) is 9.90 Å². The van der Waals surface area contributed by atoms with Gasteiger partial charge in [-0.2, -0.15) is 0 Å². The summed E-state index contributed by atoms with van der Waals surface area (Å²) in [6.45, 7) is 3.89. The fraction of sp³-hybridized carbons (Fsp3) is 0.440. The monoisotopic (exact) mass is 422 g/mol. The molecule has 166 valence electrons. The van der Waals surface area contributed by atoms with Gasteiger partial charge in [0.1, 0.15) is 0 Å². The lowest BCUT2D eigenvalue weighted by molar-refractivity contribution is -0.119. The van der Waals surface area contributed by atoms with Gasteiger partial charge >= 0.3 is 0 Å². The second-order valence-electron chi connectivity index (χ2n) is 8.01. The third-order valence-corrected chi connectivity index (χ3v) is 5.58. The van der Waals surface area contributed by atoms with Crippen LogP contribution in [0.3, 0.4) is 0 Å². The summed E-state index contributed by atoms with van der Waals surface area (Å²) in [5.41, 5.74) is 2.78. The number of aliphatic hydroxyl groups excluding tert-OH is 1. The van der Waals surface area contributed by atoms with Gasteiger partial charge in [-0.25, -0.2) is 4.99 Å². The predicted octanol–water partition coefficient (Wildman–Crippen LogP) is 3.99. The summed E-state index contributed by atoms with van der Waals surface area (Å²) in [7, 11) is 0. The van der Waals surface area contributed by atoms with Crippen molar-refractivity contribution in [2.75, 3.05) is 18.4 Å². The summed E-state index contributed by atoms with van der Waals surface area (Å²) >= 11 is 0. The Morgan fingerprint density at radius 2 is 1.87 bits per heavy atom. The minimum absolute atomic E-state index is 0.130. The van der Waals surface area contributed by atoms with Gasteiger partial charge in [0.2, 0.25) is 5.91 Å². The van der Waals surface area contributed by atoms with E-state index in [2.05, 4.69) is 20.9 Å². The van der Waals surface area contributed by atoms with Crippen LogP contribution in [-0.2, 0) is 11.3 Å². The van der Waals surface area contributed by atoms with E-state index in [0.717, 1.165) is 49.0 Å². The van der Waals surface area contributed by atoms with Crippen LogP contribution in [0.25, 0.3) is 0 Å². The number of hydrogen-bond donors (Lipinski definition) is 4. The first-order valence-corrected chi connectivity index (χ1v) is 11.3. The quantitative estimate of drug-likeness (QED) is 0.364. The van der Waals surface area contributed by atoms with Gasteiger partial charge in [0, 0.05) is 24.7 Å². The third kappa shape index (κ3) is 7.40. The van der Waals surface area contributed by atoms with Crippen LogP contribution in [0.2, 0.25) is 0 Å². The molecule has 3 rings (SSSR count). The summed E-state index contributed by atoms with van der Waals surface area (Å²) in [6.07, 6.45) is 4.37. The lowest BCUT2D eigenvalue weighted by atomic mass is 10.1. The maximum absolute atomic E-state index is 12.4. The van der Waals surface area contributed by atoms with Gasteiger partial charge in [-0.1, -0.05) is 55.3 Å². The minimum atomic E-state index is -0.503. The van der Waals surface area contributed by atoms with Gasteiger partial charge in [0.15, 0.2) is 5.96 Å². The summed E-state index contributed by atoms with van der Waals surface area (Å²) < 4.78 is 0. The van der Waals surface area contributed by atoms with Crippen LogP contribution in [-0.4, -0.2) is 30.1 Å². The van der Waals surface area contributed by atoms with Crippen molar-refractivity contribution < 1.29 is 9.90 Å². The lowest BCUT2D eigenvalue weighted by Gasteiger charge is -2.14. The first-order chi connectivity index (χ1) is 15.2. The molecule has 1 unspecified atom stereocenters. The number of guanidine groups is 1. The second-order valence-corrected chi connectivity index (χ2v) is 8.01. The molecule has 0 heterocycles. The molecule has 2 aromatic rings. The first-order valence-electron chi connectivity index (χ1n) is 11.3. The molecule has 2 aromatic carbocycles. The Balaban J connectivity index is 1.51. The molecule has 1 aliphatic rings. The molecule has 31 heavy (non-hydrogen) atoms. The number of aliphatic imine (C=N–C) groups is 1. The highest BCUT2D eigenvalue weighted by Crippen LogP contribution is 2.26. The molecule has 1 atom stereocenters. The second kappa shape index (κ2) is 12.1. The number of aliphatic hydroxyl groups is 1. The number of hydrogen-bond acceptors (Lipinski definition) is 3. The van der Waals surface area contributed by atoms with E-state index in [4.69, 9.17) is 0 Å². The fourth-order valence-electron chi connectivity index (χ4n) is 3.86. The number of rotatable bonds is 9. The highest BCUT2D eigenvalue weighted by atomic mass is 16.3. The van der Waals surface area contributed by atoms with Crippen molar-refractivity contribution in [3.05, 3.63) is 65.7 Å². The third-order valence-electron chi connectivity index (χ3n) is 5.58. The SMILES string of the molecule is CCNC(=NCc1cccc(NC(=O)C2CCCC2)c1)NCCC(O)c1ccccc1. The van der Waals surface area contributed by atoms with Crippen molar-refractivity contribution in [3.8, 4) is 0 Å². The van der Waals surface area contributed by atoms with Gasteiger partial charge in [-0.05, 0) is 49.4 Å². The highest BCUT2D eigenvalue weighted by molar-refractivity contribution is 5.92. The Morgan fingerprint density at radius 1 is 1.10 bits per heavy atom. The zero-order valence-corrected chi connectivity index (χ0v) is 18.3. The van der Waals surface area contributed by atoms with Gasteiger partial charge < -0.3 is 21.1 Å². The average Bonchev–Trinajstić information content (AvgIpc) is 3.33. The van der Waals surface area contributed by atoms with Crippen molar-refractivity contribution in [2.45, 2.75) is 51.7 Å². The van der Waals surface area contributed by atoms with Crippen molar-refractivity contribution in [3.63, 3.8) is 0 Å². The van der Waals surface area contributed by atoms with Gasteiger partial charge in [-0.3, -0.25) is 4.79 Å². The van der Waals surface area contributed by atoms with Crippen LogP contribution in [0.15, 0.2) is 59.6 Å². The van der Waals surface area contributed by atoms with Crippen molar-refractivity contribution in [1.82, 2.24) is 10.6 Å². The summed E-state index contributed by atoms with van der Waals surface area (Å²) in [5.74, 6) is 0.991. The molecular formula is C25H34N4O2. The molecule has 4 N–H and O–H groups in total. The van der Waals surface area contributed by atoms with Crippen molar-refractivity contribution in [2.24, 2.45) is 10.9 Å². The Hall–Kier alpha value is -2.86. The molecule has 0 aromatic heterocycles. The molecule has 1 saturated carbocycles. The Labute approximate surface area is 185 Å². The molecule has 0 spiro atoms. The van der Waals surface area contributed by atoms with Crippen LogP contribution < -0.4 is 16.0 Å². The maximum Gasteiger partial charge on any atom is 0.227 e. The normalized spacial score (nSPS) is 15.5. The molecule has 1 fully saturated rings. The van der Waals surface area contributed by atoms with Crippen LogP contribution in [0.5, 0.6) is 0 Å². The molecule has 0 radical (unpaired) electrons. The molecule has 6 nitrogen and oxygen atoms in total. The number of anilines is 1. The van der Waals surface area contributed by atoms with Crippen molar-refractivity contribution >= 4 is 17.6 Å². The number of amides is 1. The summed E-state index contributed by atoms with van der Waals surface area (Å²) in [6, 6.07) is 17.5. The van der Waals surface area contributed by atoms with Crippen molar-refractivity contribution in [1.29, 1.82) is 0 Å². The standard InChI is InChI=1S/C25H34N4O2/c1-2-26-25(27-16-15-23(30)20-10-4-3-5-11-20)28-18-19-9-8-14-22(17-19)29-24(31)21-12-6-7-13-21/h3-5,8-11,14,17,21,23,30H,2,6-7,12-13,15-16,18H2,1H3,(H,29,31)(H2,26,27,28). The number of benzene rings is 2. The maximum atomic E-state index is 12.4. The smallest absolute Gasteiger partial charge is 0.227 e. The molecular weight excluding hydrogens is 388 g/mol. The number of carbonyl (C=O) groups excluding carboxylic acids is 1.